The maximum atomic E-state index is 6.11. The molecule has 2 aliphatic heterocycles. The van der Waals surface area contributed by atoms with Crippen LogP contribution in [0.3, 0.4) is 0 Å². The monoisotopic (exact) mass is 433 g/mol. The van der Waals surface area contributed by atoms with Gasteiger partial charge in [0.2, 0.25) is 5.95 Å². The average molecular weight is 434 g/mol. The number of pyridine rings is 1. The number of aryl methyl sites for hydroxylation is 2. The molecule has 1 aromatic carbocycles. The minimum atomic E-state index is 0.427. The molecule has 5 heterocycles. The van der Waals surface area contributed by atoms with Gasteiger partial charge in [-0.1, -0.05) is 11.6 Å². The molecular weight excluding hydrogens is 410 g/mol. The second-order valence-corrected chi connectivity index (χ2v) is 9.11. The van der Waals surface area contributed by atoms with E-state index in [9.17, 15) is 0 Å². The molecule has 2 atom stereocenters. The fourth-order valence-electron chi connectivity index (χ4n) is 5.62. The summed E-state index contributed by atoms with van der Waals surface area (Å²) in [5.41, 5.74) is 3.21. The van der Waals surface area contributed by atoms with Gasteiger partial charge in [0.1, 0.15) is 11.6 Å². The Morgan fingerprint density at radius 3 is 2.39 bits per heavy atom. The smallest absolute Gasteiger partial charge is 0.232 e. The standard InChI is InChI=1S/C23H24ClN7/c1-14-26-21-9-10-25-13-22(21)29(14)20-11-18-7-8-19(12-20)31(18)23-28-27-15(2)30(23)17-5-3-16(24)4-6-17/h3-6,9-10,13,18-20H,7-8,11-12H2,1-2H3. The Balaban J connectivity index is 1.36. The van der Waals surface area contributed by atoms with Crippen molar-refractivity contribution in [3.63, 3.8) is 0 Å². The van der Waals surface area contributed by atoms with Gasteiger partial charge in [0.15, 0.2) is 0 Å². The van der Waals surface area contributed by atoms with E-state index >= 15 is 0 Å². The molecule has 0 radical (unpaired) electrons. The van der Waals surface area contributed by atoms with E-state index in [4.69, 9.17) is 16.6 Å². The van der Waals surface area contributed by atoms with Gasteiger partial charge in [-0.2, -0.15) is 0 Å². The highest BCUT2D eigenvalue weighted by atomic mass is 35.5. The molecular formula is C23H24ClN7. The van der Waals surface area contributed by atoms with E-state index in [1.54, 1.807) is 0 Å². The number of hydrogen-bond acceptors (Lipinski definition) is 5. The summed E-state index contributed by atoms with van der Waals surface area (Å²) in [7, 11) is 0. The van der Waals surface area contributed by atoms with Crippen LogP contribution in [0.5, 0.6) is 0 Å². The Kier molecular flexibility index (Phi) is 4.28. The van der Waals surface area contributed by atoms with Gasteiger partial charge in [-0.15, -0.1) is 10.2 Å². The molecule has 0 spiro atoms. The molecule has 2 saturated heterocycles. The number of halogens is 1. The van der Waals surface area contributed by atoms with Gasteiger partial charge >= 0.3 is 0 Å². The number of rotatable bonds is 3. The van der Waals surface area contributed by atoms with Gasteiger partial charge < -0.3 is 9.47 Å². The van der Waals surface area contributed by atoms with Crippen LogP contribution >= 0.6 is 11.6 Å². The maximum absolute atomic E-state index is 6.11. The van der Waals surface area contributed by atoms with Crippen LogP contribution in [0.15, 0.2) is 42.7 Å². The summed E-state index contributed by atoms with van der Waals surface area (Å²) < 4.78 is 4.56. The molecule has 0 amide bonds. The molecule has 7 nitrogen and oxygen atoms in total. The van der Waals surface area contributed by atoms with Crippen LogP contribution in [0.2, 0.25) is 5.02 Å². The van der Waals surface area contributed by atoms with Crippen molar-refractivity contribution < 1.29 is 0 Å². The number of piperidine rings is 1. The highest BCUT2D eigenvalue weighted by Gasteiger charge is 2.44. The Hall–Kier alpha value is -2.93. The quantitative estimate of drug-likeness (QED) is 0.470. The van der Waals surface area contributed by atoms with Crippen molar-refractivity contribution in [2.75, 3.05) is 4.90 Å². The first-order valence-electron chi connectivity index (χ1n) is 10.8. The first kappa shape index (κ1) is 18.8. The van der Waals surface area contributed by atoms with Gasteiger partial charge in [-0.05, 0) is 69.9 Å². The number of nitrogens with zero attached hydrogens (tertiary/aromatic N) is 7. The minimum Gasteiger partial charge on any atom is -0.334 e. The lowest BCUT2D eigenvalue weighted by molar-refractivity contribution is 0.333. The highest BCUT2D eigenvalue weighted by molar-refractivity contribution is 6.30. The van der Waals surface area contributed by atoms with Crippen LogP contribution in [0.1, 0.15) is 43.4 Å². The zero-order valence-electron chi connectivity index (χ0n) is 17.6. The Labute approximate surface area is 185 Å². The lowest BCUT2D eigenvalue weighted by Gasteiger charge is -2.40. The van der Waals surface area contributed by atoms with Crippen molar-refractivity contribution in [3.05, 3.63) is 59.4 Å². The number of imidazole rings is 1. The van der Waals surface area contributed by atoms with E-state index in [2.05, 4.69) is 36.1 Å². The number of hydrogen-bond donors (Lipinski definition) is 0. The lowest BCUT2D eigenvalue weighted by Crippen LogP contribution is -2.45. The third kappa shape index (κ3) is 2.94. The molecule has 0 N–H and O–H groups in total. The van der Waals surface area contributed by atoms with Gasteiger partial charge in [-0.25, -0.2) is 4.98 Å². The molecule has 6 rings (SSSR count). The molecule has 4 aromatic rings. The van der Waals surface area contributed by atoms with Crippen LogP contribution < -0.4 is 4.90 Å². The number of fused-ring (bicyclic) bond motifs is 3. The maximum Gasteiger partial charge on any atom is 0.232 e. The van der Waals surface area contributed by atoms with E-state index < -0.39 is 0 Å². The lowest BCUT2D eigenvalue weighted by atomic mass is 9.97. The molecule has 3 aromatic heterocycles. The molecule has 2 bridgehead atoms. The predicted molar refractivity (Wildman–Crippen MR) is 121 cm³/mol. The molecule has 158 valence electrons. The minimum absolute atomic E-state index is 0.427. The van der Waals surface area contributed by atoms with Crippen LogP contribution in [0.4, 0.5) is 5.95 Å². The first-order chi connectivity index (χ1) is 15.1. The van der Waals surface area contributed by atoms with Gasteiger partial charge in [0.25, 0.3) is 0 Å². The Morgan fingerprint density at radius 2 is 1.65 bits per heavy atom. The topological polar surface area (TPSA) is 64.7 Å². The van der Waals surface area contributed by atoms with Crippen molar-refractivity contribution >= 4 is 28.6 Å². The largest absolute Gasteiger partial charge is 0.334 e. The second-order valence-electron chi connectivity index (χ2n) is 8.67. The summed E-state index contributed by atoms with van der Waals surface area (Å²) in [5.74, 6) is 2.90. The molecule has 2 fully saturated rings. The summed E-state index contributed by atoms with van der Waals surface area (Å²) in [5, 5.41) is 9.77. The number of benzene rings is 1. The summed E-state index contributed by atoms with van der Waals surface area (Å²) in [4.78, 5) is 11.6. The molecule has 8 heteroatoms. The van der Waals surface area contributed by atoms with Crippen molar-refractivity contribution in [2.24, 2.45) is 0 Å². The van der Waals surface area contributed by atoms with Crippen molar-refractivity contribution in [1.29, 1.82) is 0 Å². The summed E-state index contributed by atoms with van der Waals surface area (Å²) in [6.45, 7) is 4.11. The van der Waals surface area contributed by atoms with E-state index in [1.807, 2.05) is 49.6 Å². The fraction of sp³-hybridized carbons (Fsp3) is 0.391. The third-order valence-electron chi connectivity index (χ3n) is 6.87. The van der Waals surface area contributed by atoms with Gasteiger partial charge in [-0.3, -0.25) is 9.55 Å². The first-order valence-corrected chi connectivity index (χ1v) is 11.2. The zero-order chi connectivity index (χ0) is 21.1. The summed E-state index contributed by atoms with van der Waals surface area (Å²) in [6.07, 6.45) is 8.27. The van der Waals surface area contributed by atoms with E-state index in [0.717, 1.165) is 52.2 Å². The normalized spacial score (nSPS) is 23.1. The van der Waals surface area contributed by atoms with Crippen molar-refractivity contribution in [3.8, 4) is 5.69 Å². The Morgan fingerprint density at radius 1 is 0.903 bits per heavy atom. The van der Waals surface area contributed by atoms with Gasteiger partial charge in [0.05, 0.1) is 22.9 Å². The van der Waals surface area contributed by atoms with Crippen molar-refractivity contribution in [2.45, 2.75) is 57.7 Å². The van der Waals surface area contributed by atoms with Crippen LogP contribution in [0.25, 0.3) is 16.7 Å². The van der Waals surface area contributed by atoms with Crippen molar-refractivity contribution in [1.82, 2.24) is 29.3 Å². The summed E-state index contributed by atoms with van der Waals surface area (Å²) >= 11 is 6.11. The summed E-state index contributed by atoms with van der Waals surface area (Å²) in [6, 6.07) is 11.2. The van der Waals surface area contributed by atoms with E-state index in [1.165, 1.54) is 12.8 Å². The Bertz CT molecular complexity index is 1240. The van der Waals surface area contributed by atoms with Crippen LogP contribution in [0, 0.1) is 13.8 Å². The molecule has 2 unspecified atom stereocenters. The van der Waals surface area contributed by atoms with Crippen LogP contribution in [-0.2, 0) is 0 Å². The number of anilines is 1. The SMILES string of the molecule is Cc1nnc(N2C3CCC2CC(n2c(C)nc4ccncc42)C3)n1-c1ccc(Cl)cc1. The average Bonchev–Trinajstić information content (AvgIpc) is 3.38. The highest BCUT2D eigenvalue weighted by Crippen LogP contribution is 2.44. The fourth-order valence-corrected chi connectivity index (χ4v) is 5.74. The van der Waals surface area contributed by atoms with Gasteiger partial charge in [0, 0.05) is 29.3 Å². The van der Waals surface area contributed by atoms with E-state index in [0.29, 0.717) is 18.1 Å². The second kappa shape index (κ2) is 7.05. The third-order valence-corrected chi connectivity index (χ3v) is 7.12. The van der Waals surface area contributed by atoms with E-state index in [-0.39, 0.29) is 0 Å². The predicted octanol–water partition coefficient (Wildman–Crippen LogP) is 4.65. The number of aromatic nitrogens is 6. The zero-order valence-corrected chi connectivity index (χ0v) is 18.4. The molecule has 0 saturated carbocycles. The molecule has 2 aliphatic rings. The molecule has 31 heavy (non-hydrogen) atoms. The van der Waals surface area contributed by atoms with Crippen LogP contribution in [-0.4, -0.2) is 41.4 Å². The molecule has 0 aliphatic carbocycles.